The smallest absolute Gasteiger partial charge is 0.273 e. The summed E-state index contributed by atoms with van der Waals surface area (Å²) in [5.41, 5.74) is 0.219. The molecule has 2 amide bonds. The number of carbonyl (C=O) groups is 2. The van der Waals surface area contributed by atoms with E-state index >= 15 is 0 Å². The van der Waals surface area contributed by atoms with Crippen LogP contribution in [0.2, 0.25) is 0 Å². The van der Waals surface area contributed by atoms with Crippen molar-refractivity contribution in [3.63, 3.8) is 0 Å². The molecule has 1 rings (SSSR count). The lowest BCUT2D eigenvalue weighted by Gasteiger charge is -2.06. The van der Waals surface area contributed by atoms with Crippen LogP contribution in [0.1, 0.15) is 16.2 Å². The number of rotatable bonds is 9. The van der Waals surface area contributed by atoms with Crippen LogP contribution in [0.25, 0.3) is 0 Å². The van der Waals surface area contributed by atoms with Crippen LogP contribution in [0.4, 0.5) is 0 Å². The van der Waals surface area contributed by atoms with Crippen LogP contribution in [0.3, 0.4) is 0 Å². The van der Waals surface area contributed by atoms with Gasteiger partial charge >= 0.3 is 0 Å². The number of aromatic nitrogens is 1. The number of ether oxygens (including phenoxy) is 2. The van der Waals surface area contributed by atoms with Gasteiger partial charge in [0.15, 0.2) is 5.69 Å². The molecular formula is C12H19N3O5. The quantitative estimate of drug-likeness (QED) is 0.592. The van der Waals surface area contributed by atoms with Gasteiger partial charge in [0.05, 0.1) is 13.2 Å². The number of nitrogens with zero attached hydrogens (tertiary/aromatic N) is 1. The van der Waals surface area contributed by atoms with Crippen molar-refractivity contribution in [3.8, 4) is 0 Å². The van der Waals surface area contributed by atoms with Crippen LogP contribution in [-0.4, -0.2) is 57.0 Å². The maximum Gasteiger partial charge on any atom is 0.273 e. The molecule has 0 saturated carbocycles. The monoisotopic (exact) mass is 285 g/mol. The first-order valence-corrected chi connectivity index (χ1v) is 6.18. The van der Waals surface area contributed by atoms with E-state index in [0.29, 0.717) is 32.1 Å². The minimum atomic E-state index is -0.340. The van der Waals surface area contributed by atoms with Crippen molar-refractivity contribution in [2.75, 3.05) is 40.0 Å². The first-order valence-electron chi connectivity index (χ1n) is 6.18. The molecule has 2 N–H and O–H groups in total. The molecule has 112 valence electrons. The fraction of sp³-hybridized carbons (Fsp3) is 0.583. The zero-order valence-corrected chi connectivity index (χ0v) is 11.6. The van der Waals surface area contributed by atoms with Gasteiger partial charge in [-0.3, -0.25) is 9.59 Å². The van der Waals surface area contributed by atoms with E-state index in [-0.39, 0.29) is 24.1 Å². The molecule has 0 bridgehead atoms. The topological polar surface area (TPSA) is 103 Å². The van der Waals surface area contributed by atoms with Gasteiger partial charge in [0.2, 0.25) is 5.91 Å². The molecule has 0 aliphatic heterocycles. The Balaban J connectivity index is 2.06. The third-order valence-electron chi connectivity index (χ3n) is 2.26. The van der Waals surface area contributed by atoms with Crippen LogP contribution < -0.4 is 10.6 Å². The Morgan fingerprint density at radius 1 is 1.30 bits per heavy atom. The van der Waals surface area contributed by atoms with E-state index in [0.717, 1.165) is 0 Å². The first-order chi connectivity index (χ1) is 9.63. The highest BCUT2D eigenvalue weighted by Crippen LogP contribution is 2.00. The molecule has 0 radical (unpaired) electrons. The Morgan fingerprint density at radius 3 is 2.70 bits per heavy atom. The summed E-state index contributed by atoms with van der Waals surface area (Å²) in [6, 6.07) is 1.54. The molecule has 0 aliphatic carbocycles. The van der Waals surface area contributed by atoms with E-state index in [2.05, 4.69) is 15.8 Å². The van der Waals surface area contributed by atoms with Gasteiger partial charge < -0.3 is 24.6 Å². The number of carbonyl (C=O) groups excluding carboxylic acids is 2. The number of methoxy groups -OCH3 is 1. The van der Waals surface area contributed by atoms with Crippen molar-refractivity contribution in [3.05, 3.63) is 17.5 Å². The van der Waals surface area contributed by atoms with Gasteiger partial charge in [-0.1, -0.05) is 5.16 Å². The summed E-state index contributed by atoms with van der Waals surface area (Å²) in [4.78, 5) is 22.9. The Morgan fingerprint density at radius 2 is 2.05 bits per heavy atom. The second-order valence-electron chi connectivity index (χ2n) is 3.97. The highest BCUT2D eigenvalue weighted by atomic mass is 16.5. The molecule has 0 fully saturated rings. The molecule has 8 nitrogen and oxygen atoms in total. The zero-order chi connectivity index (χ0) is 14.8. The molecule has 0 aliphatic rings. The number of amides is 2. The fourth-order valence-electron chi connectivity index (χ4n) is 1.30. The van der Waals surface area contributed by atoms with Crippen molar-refractivity contribution in [1.29, 1.82) is 0 Å². The second kappa shape index (κ2) is 9.05. The Labute approximate surface area is 116 Å². The minimum Gasteiger partial charge on any atom is -0.382 e. The normalized spacial score (nSPS) is 10.3. The van der Waals surface area contributed by atoms with E-state index in [1.807, 2.05) is 0 Å². The molecule has 8 heteroatoms. The molecule has 0 aromatic carbocycles. The number of hydrogen-bond acceptors (Lipinski definition) is 6. The van der Waals surface area contributed by atoms with Gasteiger partial charge in [0.1, 0.15) is 12.4 Å². The van der Waals surface area contributed by atoms with E-state index in [4.69, 9.17) is 14.0 Å². The summed E-state index contributed by atoms with van der Waals surface area (Å²) < 4.78 is 14.6. The molecule has 0 unspecified atom stereocenters. The van der Waals surface area contributed by atoms with Gasteiger partial charge in [-0.2, -0.15) is 0 Å². The number of aryl methyl sites for hydroxylation is 1. The van der Waals surface area contributed by atoms with Crippen molar-refractivity contribution in [2.45, 2.75) is 6.92 Å². The SMILES string of the molecule is COCCOCC(=O)NCCNC(=O)c1cc(C)on1. The summed E-state index contributed by atoms with van der Waals surface area (Å²) in [7, 11) is 1.56. The van der Waals surface area contributed by atoms with Crippen molar-refractivity contribution >= 4 is 11.8 Å². The van der Waals surface area contributed by atoms with E-state index < -0.39 is 0 Å². The molecule has 0 saturated heterocycles. The third kappa shape index (κ3) is 6.30. The summed E-state index contributed by atoms with van der Waals surface area (Å²) in [5, 5.41) is 8.80. The largest absolute Gasteiger partial charge is 0.382 e. The van der Waals surface area contributed by atoms with Crippen molar-refractivity contribution in [2.24, 2.45) is 0 Å². The highest BCUT2D eigenvalue weighted by molar-refractivity contribution is 5.92. The molecule has 20 heavy (non-hydrogen) atoms. The van der Waals surface area contributed by atoms with E-state index in [9.17, 15) is 9.59 Å². The molecule has 1 heterocycles. The molecule has 1 aromatic heterocycles. The van der Waals surface area contributed by atoms with Gasteiger partial charge in [0.25, 0.3) is 5.91 Å². The van der Waals surface area contributed by atoms with Crippen molar-refractivity contribution < 1.29 is 23.6 Å². The molecule has 0 spiro atoms. The predicted molar refractivity (Wildman–Crippen MR) is 69.3 cm³/mol. The summed E-state index contributed by atoms with van der Waals surface area (Å²) in [5.74, 6) is -0.0169. The van der Waals surface area contributed by atoms with Crippen LogP contribution in [0.5, 0.6) is 0 Å². The first kappa shape index (κ1) is 16.1. The molecular weight excluding hydrogens is 266 g/mol. The van der Waals surface area contributed by atoms with Crippen LogP contribution >= 0.6 is 0 Å². The average molecular weight is 285 g/mol. The van der Waals surface area contributed by atoms with Gasteiger partial charge in [-0.05, 0) is 6.92 Å². The van der Waals surface area contributed by atoms with Gasteiger partial charge in [-0.25, -0.2) is 0 Å². The Bertz CT molecular complexity index is 432. The summed E-state index contributed by atoms with van der Waals surface area (Å²) >= 11 is 0. The zero-order valence-electron chi connectivity index (χ0n) is 11.6. The van der Waals surface area contributed by atoms with Crippen molar-refractivity contribution in [1.82, 2.24) is 15.8 Å². The van der Waals surface area contributed by atoms with Crippen LogP contribution in [-0.2, 0) is 14.3 Å². The minimum absolute atomic E-state index is 0.0280. The third-order valence-corrected chi connectivity index (χ3v) is 2.26. The second-order valence-corrected chi connectivity index (χ2v) is 3.97. The van der Waals surface area contributed by atoms with E-state index in [1.54, 1.807) is 14.0 Å². The lowest BCUT2D eigenvalue weighted by molar-refractivity contribution is -0.126. The fourth-order valence-corrected chi connectivity index (χ4v) is 1.30. The van der Waals surface area contributed by atoms with Crippen LogP contribution in [0, 0.1) is 6.92 Å². The average Bonchev–Trinajstić information content (AvgIpc) is 2.86. The standard InChI is InChI=1S/C12H19N3O5/c1-9-7-10(15-20-9)12(17)14-4-3-13-11(16)8-19-6-5-18-2/h7H,3-6,8H2,1-2H3,(H,13,16)(H,14,17). The highest BCUT2D eigenvalue weighted by Gasteiger charge is 2.09. The van der Waals surface area contributed by atoms with Gasteiger partial charge in [0, 0.05) is 26.3 Å². The number of hydrogen-bond donors (Lipinski definition) is 2. The van der Waals surface area contributed by atoms with E-state index in [1.165, 1.54) is 6.07 Å². The molecule has 1 aromatic rings. The Kier molecular flexibility index (Phi) is 7.30. The van der Waals surface area contributed by atoms with Gasteiger partial charge in [-0.15, -0.1) is 0 Å². The summed E-state index contributed by atoms with van der Waals surface area (Å²) in [6.45, 7) is 3.10. The molecule has 0 atom stereocenters. The predicted octanol–water partition coefficient (Wildman–Crippen LogP) is -0.508. The lowest BCUT2D eigenvalue weighted by Crippen LogP contribution is -2.36. The number of nitrogens with one attached hydrogen (secondary N) is 2. The maximum atomic E-state index is 11.6. The maximum absolute atomic E-state index is 11.6. The lowest BCUT2D eigenvalue weighted by atomic mass is 10.3. The Hall–Kier alpha value is -1.93. The summed E-state index contributed by atoms with van der Waals surface area (Å²) in [6.07, 6.45) is 0. The van der Waals surface area contributed by atoms with Crippen LogP contribution in [0.15, 0.2) is 10.6 Å².